The topological polar surface area (TPSA) is 72.2 Å². The van der Waals surface area contributed by atoms with E-state index in [0.717, 1.165) is 36.7 Å². The van der Waals surface area contributed by atoms with E-state index in [1.807, 2.05) is 6.92 Å². The second-order valence-electron chi connectivity index (χ2n) is 5.08. The summed E-state index contributed by atoms with van der Waals surface area (Å²) in [5.74, 6) is -2.01. The lowest BCUT2D eigenvalue weighted by molar-refractivity contribution is 0.0887. The molecule has 0 saturated carbocycles. The van der Waals surface area contributed by atoms with Gasteiger partial charge in [0.05, 0.1) is 17.7 Å². The number of nitrogens with zero attached hydrogens (tertiary/aromatic N) is 2. The summed E-state index contributed by atoms with van der Waals surface area (Å²) in [4.78, 5) is 24.3. The molecule has 1 N–H and O–H groups in total. The Morgan fingerprint density at radius 1 is 1.27 bits per heavy atom. The van der Waals surface area contributed by atoms with Gasteiger partial charge in [0.25, 0.3) is 0 Å². The van der Waals surface area contributed by atoms with Crippen molar-refractivity contribution in [2.75, 3.05) is 0 Å². The van der Waals surface area contributed by atoms with Crippen molar-refractivity contribution in [3.8, 4) is 5.75 Å². The van der Waals surface area contributed by atoms with Gasteiger partial charge in [0.15, 0.2) is 11.6 Å². The number of ketones is 2. The molecule has 6 heteroatoms. The molecule has 0 fully saturated rings. The van der Waals surface area contributed by atoms with Crippen molar-refractivity contribution in [2.45, 2.75) is 26.2 Å². The average molecular weight is 304 g/mol. The number of benzene rings is 1. The van der Waals surface area contributed by atoms with Crippen LogP contribution in [0.5, 0.6) is 5.75 Å². The molecule has 1 aromatic carbocycles. The fourth-order valence-electron chi connectivity index (χ4n) is 2.23. The zero-order valence-corrected chi connectivity index (χ0v) is 12.5. The third-order valence-electron chi connectivity index (χ3n) is 3.30. The number of phenolic OH excluding ortho intramolecular Hbond substituents is 1. The Morgan fingerprint density at radius 3 is 2.68 bits per heavy atom. The van der Waals surface area contributed by atoms with Crippen molar-refractivity contribution < 1.29 is 19.1 Å². The predicted octanol–water partition coefficient (Wildman–Crippen LogP) is 2.67. The van der Waals surface area contributed by atoms with Crippen molar-refractivity contribution in [2.24, 2.45) is 7.05 Å². The van der Waals surface area contributed by atoms with E-state index in [9.17, 15) is 19.1 Å². The summed E-state index contributed by atoms with van der Waals surface area (Å²) in [6, 6.07) is 4.73. The number of aromatic hydroxyl groups is 1. The standard InChI is InChI=1S/C16H17FN2O3/c1-3-4-11-8-13(19(2)18-11)16(22)9-15(21)12-7-10(17)5-6-14(12)20/h5-8,20H,3-4,9H2,1-2H3. The van der Waals surface area contributed by atoms with Crippen molar-refractivity contribution in [1.29, 1.82) is 0 Å². The van der Waals surface area contributed by atoms with Gasteiger partial charge >= 0.3 is 0 Å². The fraction of sp³-hybridized carbons (Fsp3) is 0.312. The van der Waals surface area contributed by atoms with E-state index in [-0.39, 0.29) is 11.3 Å². The molecule has 0 amide bonds. The number of Topliss-reactive ketones (excluding diaryl/α,β-unsaturated/α-hetero) is 2. The zero-order valence-electron chi connectivity index (χ0n) is 12.5. The van der Waals surface area contributed by atoms with Crippen LogP contribution in [0.2, 0.25) is 0 Å². The molecule has 0 aliphatic rings. The van der Waals surface area contributed by atoms with E-state index >= 15 is 0 Å². The number of carbonyl (C=O) groups is 2. The van der Waals surface area contributed by atoms with Gasteiger partial charge in [-0.2, -0.15) is 5.10 Å². The zero-order chi connectivity index (χ0) is 16.3. The number of phenols is 1. The highest BCUT2D eigenvalue weighted by molar-refractivity contribution is 6.13. The fourth-order valence-corrected chi connectivity index (χ4v) is 2.23. The van der Waals surface area contributed by atoms with Crippen LogP contribution in [-0.4, -0.2) is 26.5 Å². The first-order valence-corrected chi connectivity index (χ1v) is 7.00. The molecule has 0 spiro atoms. The van der Waals surface area contributed by atoms with Crippen LogP contribution in [0.15, 0.2) is 24.3 Å². The smallest absolute Gasteiger partial charge is 0.188 e. The number of halogens is 1. The summed E-state index contributed by atoms with van der Waals surface area (Å²) in [6.45, 7) is 2.01. The van der Waals surface area contributed by atoms with Gasteiger partial charge in [-0.1, -0.05) is 13.3 Å². The highest BCUT2D eigenvalue weighted by Gasteiger charge is 2.20. The molecule has 0 aliphatic carbocycles. The lowest BCUT2D eigenvalue weighted by Crippen LogP contribution is -2.12. The van der Waals surface area contributed by atoms with Crippen LogP contribution in [0.1, 0.15) is 46.3 Å². The van der Waals surface area contributed by atoms with Crippen molar-refractivity contribution in [1.82, 2.24) is 9.78 Å². The summed E-state index contributed by atoms with van der Waals surface area (Å²) in [7, 11) is 1.64. The van der Waals surface area contributed by atoms with Crippen molar-refractivity contribution in [3.63, 3.8) is 0 Å². The molecule has 0 radical (unpaired) electrons. The number of carbonyl (C=O) groups excluding carboxylic acids is 2. The first-order valence-electron chi connectivity index (χ1n) is 7.00. The Kier molecular flexibility index (Phi) is 4.70. The third kappa shape index (κ3) is 3.39. The minimum atomic E-state index is -0.639. The van der Waals surface area contributed by atoms with Crippen LogP contribution in [0.25, 0.3) is 0 Å². The Balaban J connectivity index is 2.18. The van der Waals surface area contributed by atoms with Gasteiger partial charge in [-0.25, -0.2) is 4.39 Å². The Morgan fingerprint density at radius 2 is 2.00 bits per heavy atom. The quantitative estimate of drug-likeness (QED) is 0.658. The second-order valence-corrected chi connectivity index (χ2v) is 5.08. The van der Waals surface area contributed by atoms with Gasteiger partial charge in [-0.05, 0) is 30.7 Å². The predicted molar refractivity (Wildman–Crippen MR) is 78.5 cm³/mol. The lowest BCUT2D eigenvalue weighted by atomic mass is 10.0. The van der Waals surface area contributed by atoms with Gasteiger partial charge in [0.2, 0.25) is 0 Å². The van der Waals surface area contributed by atoms with Crippen LogP contribution < -0.4 is 0 Å². The number of hydrogen-bond donors (Lipinski definition) is 1. The van der Waals surface area contributed by atoms with Crippen LogP contribution in [-0.2, 0) is 13.5 Å². The molecule has 0 bridgehead atoms. The van der Waals surface area contributed by atoms with Gasteiger partial charge < -0.3 is 5.11 Å². The Bertz CT molecular complexity index is 722. The molecule has 1 aromatic heterocycles. The van der Waals surface area contributed by atoms with Crippen LogP contribution in [0.4, 0.5) is 4.39 Å². The molecule has 0 atom stereocenters. The molecule has 22 heavy (non-hydrogen) atoms. The van der Waals surface area contributed by atoms with Gasteiger partial charge in [-0.3, -0.25) is 14.3 Å². The Hall–Kier alpha value is -2.50. The van der Waals surface area contributed by atoms with E-state index in [1.54, 1.807) is 13.1 Å². The molecule has 2 rings (SSSR count). The molecule has 1 heterocycles. The molecular weight excluding hydrogens is 287 g/mol. The molecule has 5 nitrogen and oxygen atoms in total. The number of hydrogen-bond acceptors (Lipinski definition) is 4. The van der Waals surface area contributed by atoms with E-state index in [4.69, 9.17) is 0 Å². The summed E-state index contributed by atoms with van der Waals surface area (Å²) < 4.78 is 14.6. The highest BCUT2D eigenvalue weighted by Crippen LogP contribution is 2.20. The first kappa shape index (κ1) is 15.9. The second kappa shape index (κ2) is 6.51. The molecule has 0 saturated heterocycles. The average Bonchev–Trinajstić information content (AvgIpc) is 2.82. The molecule has 0 unspecified atom stereocenters. The first-order chi connectivity index (χ1) is 10.4. The van der Waals surface area contributed by atoms with Gasteiger partial charge in [0.1, 0.15) is 17.3 Å². The SMILES string of the molecule is CCCc1cc(C(=O)CC(=O)c2cc(F)ccc2O)n(C)n1. The minimum Gasteiger partial charge on any atom is -0.507 e. The molecule has 0 aliphatic heterocycles. The van der Waals surface area contributed by atoms with Gasteiger partial charge in [0, 0.05) is 7.05 Å². The summed E-state index contributed by atoms with van der Waals surface area (Å²) >= 11 is 0. The van der Waals surface area contributed by atoms with E-state index in [0.29, 0.717) is 5.69 Å². The summed E-state index contributed by atoms with van der Waals surface area (Å²) in [6.07, 6.45) is 1.21. The van der Waals surface area contributed by atoms with E-state index < -0.39 is 23.8 Å². The number of rotatable bonds is 6. The Labute approximate surface area is 127 Å². The van der Waals surface area contributed by atoms with Crippen LogP contribution in [0, 0.1) is 5.82 Å². The van der Waals surface area contributed by atoms with Crippen LogP contribution in [0.3, 0.4) is 0 Å². The normalized spacial score (nSPS) is 10.7. The molecular formula is C16H17FN2O3. The molecule has 2 aromatic rings. The summed E-state index contributed by atoms with van der Waals surface area (Å²) in [5.41, 5.74) is 0.923. The number of aryl methyl sites for hydroxylation is 2. The maximum absolute atomic E-state index is 13.2. The number of aromatic nitrogens is 2. The summed E-state index contributed by atoms with van der Waals surface area (Å²) in [5, 5.41) is 13.8. The van der Waals surface area contributed by atoms with Crippen LogP contribution >= 0.6 is 0 Å². The monoisotopic (exact) mass is 304 g/mol. The third-order valence-corrected chi connectivity index (χ3v) is 3.30. The maximum atomic E-state index is 13.2. The maximum Gasteiger partial charge on any atom is 0.188 e. The highest BCUT2D eigenvalue weighted by atomic mass is 19.1. The van der Waals surface area contributed by atoms with Crippen molar-refractivity contribution in [3.05, 3.63) is 47.0 Å². The van der Waals surface area contributed by atoms with Gasteiger partial charge in [-0.15, -0.1) is 0 Å². The molecule has 116 valence electrons. The van der Waals surface area contributed by atoms with E-state index in [1.165, 1.54) is 4.68 Å². The van der Waals surface area contributed by atoms with E-state index in [2.05, 4.69) is 5.10 Å². The van der Waals surface area contributed by atoms with Crippen molar-refractivity contribution >= 4 is 11.6 Å². The minimum absolute atomic E-state index is 0.190. The largest absolute Gasteiger partial charge is 0.507 e. The lowest BCUT2D eigenvalue weighted by Gasteiger charge is -2.04.